The summed E-state index contributed by atoms with van der Waals surface area (Å²) in [6.45, 7) is 7.36. The number of likely N-dealkylation sites (tertiary alicyclic amines) is 1. The Morgan fingerprint density at radius 2 is 2.10 bits per heavy atom. The predicted molar refractivity (Wildman–Crippen MR) is 115 cm³/mol. The van der Waals surface area contributed by atoms with Crippen molar-refractivity contribution in [2.75, 3.05) is 40.0 Å². The molecule has 1 saturated heterocycles. The summed E-state index contributed by atoms with van der Waals surface area (Å²) in [7, 11) is 1.88. The zero-order chi connectivity index (χ0) is 20.8. The first-order valence-electron chi connectivity index (χ1n) is 10.7. The summed E-state index contributed by atoms with van der Waals surface area (Å²) in [6.07, 6.45) is 12.5. The zero-order valence-corrected chi connectivity index (χ0v) is 17.9. The van der Waals surface area contributed by atoms with Crippen molar-refractivity contribution >= 4 is 5.91 Å². The van der Waals surface area contributed by atoms with E-state index in [0.717, 1.165) is 61.6 Å². The monoisotopic (exact) mass is 401 g/mol. The van der Waals surface area contributed by atoms with E-state index in [-0.39, 0.29) is 18.8 Å². The van der Waals surface area contributed by atoms with Crippen LogP contribution in [0.2, 0.25) is 0 Å². The molecule has 0 aromatic carbocycles. The molecule has 1 amide bonds. The van der Waals surface area contributed by atoms with Crippen LogP contribution in [0.15, 0.2) is 47.1 Å². The van der Waals surface area contributed by atoms with Crippen molar-refractivity contribution in [1.29, 1.82) is 0 Å². The van der Waals surface area contributed by atoms with Crippen LogP contribution in [0.1, 0.15) is 39.5 Å². The third-order valence-corrected chi connectivity index (χ3v) is 5.74. The molecule has 7 heteroatoms. The largest absolute Gasteiger partial charge is 0.376 e. The van der Waals surface area contributed by atoms with Gasteiger partial charge in [-0.2, -0.15) is 0 Å². The molecule has 0 radical (unpaired) electrons. The minimum Gasteiger partial charge on any atom is -0.376 e. The van der Waals surface area contributed by atoms with Gasteiger partial charge in [0.2, 0.25) is 0 Å². The van der Waals surface area contributed by atoms with Gasteiger partial charge in [-0.15, -0.1) is 0 Å². The van der Waals surface area contributed by atoms with Crippen LogP contribution in [-0.4, -0.2) is 71.8 Å². The van der Waals surface area contributed by atoms with Crippen LogP contribution >= 0.6 is 0 Å². The van der Waals surface area contributed by atoms with E-state index in [9.17, 15) is 9.90 Å². The molecule has 0 aromatic heterocycles. The molecule has 3 heterocycles. The number of aliphatic hydroxyl groups is 1. The molecule has 0 spiro atoms. The van der Waals surface area contributed by atoms with E-state index in [2.05, 4.69) is 35.5 Å². The van der Waals surface area contributed by atoms with E-state index in [0.29, 0.717) is 6.54 Å². The Bertz CT molecular complexity index is 719. The van der Waals surface area contributed by atoms with Crippen LogP contribution in [0.5, 0.6) is 0 Å². The highest BCUT2D eigenvalue weighted by Gasteiger charge is 2.26. The molecular formula is C22H35N5O2. The van der Waals surface area contributed by atoms with Crippen LogP contribution < -0.4 is 10.6 Å². The van der Waals surface area contributed by atoms with Crippen LogP contribution in [0.4, 0.5) is 0 Å². The average Bonchev–Trinajstić information content (AvgIpc) is 2.77. The SMILES string of the molecule is CCCN(C1=CC(NC)N(CO)C=C1)C1=C(C)C=C(C(=O)N2CCCCC2)CN1. The van der Waals surface area contributed by atoms with E-state index < -0.39 is 0 Å². The minimum absolute atomic E-state index is 0.0375. The van der Waals surface area contributed by atoms with E-state index in [1.54, 1.807) is 0 Å². The lowest BCUT2D eigenvalue weighted by Gasteiger charge is -2.37. The Labute approximate surface area is 174 Å². The maximum Gasteiger partial charge on any atom is 0.251 e. The summed E-state index contributed by atoms with van der Waals surface area (Å²) in [5.41, 5.74) is 3.00. The molecular weight excluding hydrogens is 366 g/mol. The van der Waals surface area contributed by atoms with Crippen molar-refractivity contribution in [3.05, 3.63) is 47.1 Å². The summed E-state index contributed by atoms with van der Waals surface area (Å²) >= 11 is 0. The van der Waals surface area contributed by atoms with Crippen LogP contribution in [0.25, 0.3) is 0 Å². The second-order valence-corrected chi connectivity index (χ2v) is 7.86. The first-order chi connectivity index (χ1) is 14.1. The molecule has 160 valence electrons. The number of nitrogens with zero attached hydrogens (tertiary/aromatic N) is 3. The highest BCUT2D eigenvalue weighted by molar-refractivity contribution is 5.94. The Morgan fingerprint density at radius 3 is 2.72 bits per heavy atom. The molecule has 3 aliphatic rings. The lowest BCUT2D eigenvalue weighted by atomic mass is 10.0. The Morgan fingerprint density at radius 1 is 1.34 bits per heavy atom. The average molecular weight is 402 g/mol. The van der Waals surface area contributed by atoms with Gasteiger partial charge in [-0.1, -0.05) is 6.92 Å². The molecule has 0 bridgehead atoms. The number of allylic oxidation sites excluding steroid dienone is 3. The topological polar surface area (TPSA) is 71.1 Å². The summed E-state index contributed by atoms with van der Waals surface area (Å²) in [6, 6.07) is 0. The normalized spacial score (nSPS) is 22.3. The molecule has 1 unspecified atom stereocenters. The molecule has 1 fully saturated rings. The molecule has 0 aliphatic carbocycles. The minimum atomic E-state index is -0.0596. The number of carbonyl (C=O) groups is 1. The summed E-state index contributed by atoms with van der Waals surface area (Å²) in [4.78, 5) is 19.0. The number of rotatable bonds is 7. The number of nitrogens with one attached hydrogen (secondary N) is 2. The zero-order valence-electron chi connectivity index (χ0n) is 17.9. The molecule has 0 aromatic rings. The number of piperidine rings is 1. The van der Waals surface area contributed by atoms with Gasteiger partial charge in [0.15, 0.2) is 0 Å². The van der Waals surface area contributed by atoms with Crippen molar-refractivity contribution < 1.29 is 9.90 Å². The highest BCUT2D eigenvalue weighted by Crippen LogP contribution is 2.25. The molecule has 7 nitrogen and oxygen atoms in total. The fourth-order valence-electron chi connectivity index (χ4n) is 4.18. The predicted octanol–water partition coefficient (Wildman–Crippen LogP) is 1.68. The van der Waals surface area contributed by atoms with Crippen molar-refractivity contribution in [3.63, 3.8) is 0 Å². The number of likely N-dealkylation sites (N-methyl/N-ethyl adjacent to an activating group) is 1. The maximum atomic E-state index is 12.9. The lowest BCUT2D eigenvalue weighted by Crippen LogP contribution is -2.44. The van der Waals surface area contributed by atoms with Gasteiger partial charge >= 0.3 is 0 Å². The first-order valence-corrected chi connectivity index (χ1v) is 10.7. The third kappa shape index (κ3) is 4.85. The fraction of sp³-hybridized carbons (Fsp3) is 0.591. The van der Waals surface area contributed by atoms with E-state index in [4.69, 9.17) is 0 Å². The third-order valence-electron chi connectivity index (χ3n) is 5.74. The second kappa shape index (κ2) is 9.98. The van der Waals surface area contributed by atoms with E-state index in [1.165, 1.54) is 6.42 Å². The van der Waals surface area contributed by atoms with Gasteiger partial charge in [0.05, 0.1) is 0 Å². The number of amides is 1. The lowest BCUT2D eigenvalue weighted by molar-refractivity contribution is -0.128. The number of carbonyl (C=O) groups excluding carboxylic acids is 1. The highest BCUT2D eigenvalue weighted by atomic mass is 16.3. The Hall–Kier alpha value is -2.25. The van der Waals surface area contributed by atoms with Crippen molar-refractivity contribution in [2.45, 2.75) is 45.7 Å². The summed E-state index contributed by atoms with van der Waals surface area (Å²) in [5, 5.41) is 16.3. The fourth-order valence-corrected chi connectivity index (χ4v) is 4.18. The molecule has 0 saturated carbocycles. The number of hydrogen-bond acceptors (Lipinski definition) is 6. The Balaban J connectivity index is 1.82. The van der Waals surface area contributed by atoms with Crippen LogP contribution in [-0.2, 0) is 4.79 Å². The van der Waals surface area contributed by atoms with Crippen molar-refractivity contribution in [1.82, 2.24) is 25.3 Å². The summed E-state index contributed by atoms with van der Waals surface area (Å²) in [5.74, 6) is 1.22. The van der Waals surface area contributed by atoms with Gasteiger partial charge in [0, 0.05) is 43.6 Å². The number of hydrogen-bond donors (Lipinski definition) is 3. The first kappa shape index (κ1) is 21.5. The number of aliphatic hydroxyl groups excluding tert-OH is 1. The van der Waals surface area contributed by atoms with Gasteiger partial charge in [-0.25, -0.2) is 0 Å². The molecule has 29 heavy (non-hydrogen) atoms. The van der Waals surface area contributed by atoms with Gasteiger partial charge in [0.1, 0.15) is 18.7 Å². The van der Waals surface area contributed by atoms with Gasteiger partial charge in [-0.3, -0.25) is 10.1 Å². The van der Waals surface area contributed by atoms with Crippen molar-refractivity contribution in [3.8, 4) is 0 Å². The van der Waals surface area contributed by atoms with Crippen LogP contribution in [0.3, 0.4) is 0 Å². The maximum absolute atomic E-state index is 12.9. The molecule has 3 rings (SSSR count). The number of dihydropyridines is 1. The van der Waals surface area contributed by atoms with E-state index in [1.807, 2.05) is 35.2 Å². The van der Waals surface area contributed by atoms with Gasteiger partial charge < -0.3 is 25.1 Å². The Kier molecular flexibility index (Phi) is 7.39. The van der Waals surface area contributed by atoms with Crippen LogP contribution in [0, 0.1) is 0 Å². The standard InChI is InChI=1S/C22H35N5O2/c1-4-9-27(19-8-12-26(16-28)20(14-19)23-3)21-17(2)13-18(15-24-21)22(29)25-10-6-5-7-11-25/h8,12-14,20,23-24,28H,4-7,9-11,15-16H2,1-3H3. The van der Waals surface area contributed by atoms with Gasteiger partial charge in [0.25, 0.3) is 5.91 Å². The molecule has 3 aliphatic heterocycles. The molecule has 3 N–H and O–H groups in total. The smallest absolute Gasteiger partial charge is 0.251 e. The van der Waals surface area contributed by atoms with Crippen molar-refractivity contribution in [2.24, 2.45) is 0 Å². The summed E-state index contributed by atoms with van der Waals surface area (Å²) < 4.78 is 0. The van der Waals surface area contributed by atoms with Gasteiger partial charge in [-0.05, 0) is 63.5 Å². The second-order valence-electron chi connectivity index (χ2n) is 7.86. The van der Waals surface area contributed by atoms with E-state index >= 15 is 0 Å². The quantitative estimate of drug-likeness (QED) is 0.603. The molecule has 1 atom stereocenters.